The third-order valence-corrected chi connectivity index (χ3v) is 3.16. The first-order valence-electron chi connectivity index (χ1n) is 5.80. The second-order valence-corrected chi connectivity index (χ2v) is 5.18. The van der Waals surface area contributed by atoms with E-state index >= 15 is 0 Å². The van der Waals surface area contributed by atoms with Crippen molar-refractivity contribution in [2.45, 2.75) is 18.9 Å². The molecule has 0 spiro atoms. The Hall–Kier alpha value is -1.45. The van der Waals surface area contributed by atoms with E-state index in [1.54, 1.807) is 24.3 Å². The number of hydrogen-bond acceptors (Lipinski definition) is 1. The molecule has 0 aliphatic rings. The predicted molar refractivity (Wildman–Crippen MR) is 71.1 cm³/mol. The fourth-order valence-electron chi connectivity index (χ4n) is 2.01. The normalized spacial score (nSPS) is 14.2. The third-order valence-electron chi connectivity index (χ3n) is 2.92. The van der Waals surface area contributed by atoms with Crippen molar-refractivity contribution in [2.75, 3.05) is 0 Å². The quantitative estimate of drug-likeness (QED) is 0.900. The standard InChI is InChI=1S/C15H13ClF2O/c1-15(19,9-10-3-2-4-12(16)5-10)11-6-13(17)8-14(18)7-11/h2-8,19H,9H2,1H3. The zero-order chi connectivity index (χ0) is 14.0. The maximum atomic E-state index is 13.2. The molecular formula is C15H13ClF2O. The molecule has 2 rings (SSSR count). The van der Waals surface area contributed by atoms with Crippen LogP contribution in [0.4, 0.5) is 8.78 Å². The van der Waals surface area contributed by atoms with Gasteiger partial charge in [-0.3, -0.25) is 0 Å². The van der Waals surface area contributed by atoms with Crippen molar-refractivity contribution < 1.29 is 13.9 Å². The summed E-state index contributed by atoms with van der Waals surface area (Å²) in [4.78, 5) is 0. The van der Waals surface area contributed by atoms with Crippen LogP contribution in [0.1, 0.15) is 18.1 Å². The Morgan fingerprint density at radius 2 is 1.74 bits per heavy atom. The van der Waals surface area contributed by atoms with Gasteiger partial charge in [0.25, 0.3) is 0 Å². The first kappa shape index (κ1) is 14.0. The number of benzene rings is 2. The summed E-state index contributed by atoms with van der Waals surface area (Å²) in [7, 11) is 0. The third kappa shape index (κ3) is 3.52. The van der Waals surface area contributed by atoms with Crippen LogP contribution in [0.5, 0.6) is 0 Å². The van der Waals surface area contributed by atoms with E-state index in [0.717, 1.165) is 23.8 Å². The van der Waals surface area contributed by atoms with Gasteiger partial charge >= 0.3 is 0 Å². The summed E-state index contributed by atoms with van der Waals surface area (Å²) in [5.41, 5.74) is -0.375. The number of hydrogen-bond donors (Lipinski definition) is 1. The van der Waals surface area contributed by atoms with Gasteiger partial charge in [-0.15, -0.1) is 0 Å². The molecular weight excluding hydrogens is 270 g/mol. The lowest BCUT2D eigenvalue weighted by atomic mass is 9.89. The Morgan fingerprint density at radius 1 is 1.11 bits per heavy atom. The van der Waals surface area contributed by atoms with Crippen molar-refractivity contribution >= 4 is 11.6 Å². The number of halogens is 3. The lowest BCUT2D eigenvalue weighted by molar-refractivity contribution is 0.0569. The van der Waals surface area contributed by atoms with Gasteiger partial charge in [-0.05, 0) is 42.3 Å². The second-order valence-electron chi connectivity index (χ2n) is 4.74. The molecule has 0 amide bonds. The maximum absolute atomic E-state index is 13.2. The van der Waals surface area contributed by atoms with Crippen LogP contribution in [0.2, 0.25) is 5.02 Å². The summed E-state index contributed by atoms with van der Waals surface area (Å²) in [6, 6.07) is 10.0. The van der Waals surface area contributed by atoms with Crippen LogP contribution < -0.4 is 0 Å². The van der Waals surface area contributed by atoms with E-state index in [1.807, 2.05) is 0 Å². The Morgan fingerprint density at radius 3 is 2.32 bits per heavy atom. The van der Waals surface area contributed by atoms with E-state index in [9.17, 15) is 13.9 Å². The van der Waals surface area contributed by atoms with E-state index in [2.05, 4.69) is 0 Å². The molecule has 2 aromatic rings. The van der Waals surface area contributed by atoms with Gasteiger partial charge in [0, 0.05) is 17.5 Å². The topological polar surface area (TPSA) is 20.2 Å². The summed E-state index contributed by atoms with van der Waals surface area (Å²) in [5, 5.41) is 11.0. The molecule has 4 heteroatoms. The fraction of sp³-hybridized carbons (Fsp3) is 0.200. The highest BCUT2D eigenvalue weighted by Gasteiger charge is 2.25. The summed E-state index contributed by atoms with van der Waals surface area (Å²) < 4.78 is 26.4. The summed E-state index contributed by atoms with van der Waals surface area (Å²) >= 11 is 5.87. The molecule has 1 unspecified atom stereocenters. The molecule has 19 heavy (non-hydrogen) atoms. The van der Waals surface area contributed by atoms with Gasteiger partial charge in [0.05, 0.1) is 5.60 Å². The Bertz CT molecular complexity index is 576. The molecule has 0 aliphatic carbocycles. The minimum Gasteiger partial charge on any atom is -0.385 e. The fourth-order valence-corrected chi connectivity index (χ4v) is 2.22. The Balaban J connectivity index is 2.31. The predicted octanol–water partition coefficient (Wildman–Crippen LogP) is 4.07. The summed E-state index contributed by atoms with van der Waals surface area (Å²) in [5.74, 6) is -1.41. The number of aliphatic hydroxyl groups is 1. The van der Waals surface area contributed by atoms with Crippen molar-refractivity contribution in [3.05, 3.63) is 70.2 Å². The zero-order valence-electron chi connectivity index (χ0n) is 10.3. The van der Waals surface area contributed by atoms with Gasteiger partial charge < -0.3 is 5.11 Å². The van der Waals surface area contributed by atoms with Gasteiger partial charge in [-0.2, -0.15) is 0 Å². The van der Waals surface area contributed by atoms with Crippen LogP contribution in [-0.2, 0) is 12.0 Å². The molecule has 0 aliphatic heterocycles. The van der Waals surface area contributed by atoms with Crippen LogP contribution in [0.15, 0.2) is 42.5 Å². The van der Waals surface area contributed by atoms with Crippen LogP contribution in [0.3, 0.4) is 0 Å². The molecule has 1 N–H and O–H groups in total. The van der Waals surface area contributed by atoms with Gasteiger partial charge in [0.2, 0.25) is 0 Å². The minimum absolute atomic E-state index is 0.199. The van der Waals surface area contributed by atoms with Gasteiger partial charge in [-0.1, -0.05) is 23.7 Å². The van der Waals surface area contributed by atoms with Crippen LogP contribution >= 0.6 is 11.6 Å². The SMILES string of the molecule is CC(O)(Cc1cccc(Cl)c1)c1cc(F)cc(F)c1. The largest absolute Gasteiger partial charge is 0.385 e. The highest BCUT2D eigenvalue weighted by Crippen LogP contribution is 2.27. The van der Waals surface area contributed by atoms with E-state index < -0.39 is 17.2 Å². The highest BCUT2D eigenvalue weighted by atomic mass is 35.5. The van der Waals surface area contributed by atoms with Gasteiger partial charge in [0.15, 0.2) is 0 Å². The van der Waals surface area contributed by atoms with Gasteiger partial charge in [-0.25, -0.2) is 8.78 Å². The van der Waals surface area contributed by atoms with Crippen molar-refractivity contribution in [2.24, 2.45) is 0 Å². The van der Waals surface area contributed by atoms with Crippen molar-refractivity contribution in [3.8, 4) is 0 Å². The van der Waals surface area contributed by atoms with Crippen LogP contribution in [0, 0.1) is 11.6 Å². The smallest absolute Gasteiger partial charge is 0.126 e. The molecule has 0 saturated carbocycles. The molecule has 0 heterocycles. The van der Waals surface area contributed by atoms with Crippen LogP contribution in [0.25, 0.3) is 0 Å². The molecule has 0 saturated heterocycles. The van der Waals surface area contributed by atoms with Crippen LogP contribution in [-0.4, -0.2) is 5.11 Å². The molecule has 1 nitrogen and oxygen atoms in total. The Labute approximate surface area is 115 Å². The second kappa shape index (κ2) is 5.27. The van der Waals surface area contributed by atoms with E-state index in [1.165, 1.54) is 6.92 Å². The molecule has 0 radical (unpaired) electrons. The van der Waals surface area contributed by atoms with Crippen molar-refractivity contribution in [1.82, 2.24) is 0 Å². The first-order chi connectivity index (χ1) is 8.87. The molecule has 0 bridgehead atoms. The van der Waals surface area contributed by atoms with Gasteiger partial charge in [0.1, 0.15) is 11.6 Å². The van der Waals surface area contributed by atoms with Crippen molar-refractivity contribution in [1.29, 1.82) is 0 Å². The average Bonchev–Trinajstić information content (AvgIpc) is 2.26. The zero-order valence-corrected chi connectivity index (χ0v) is 11.1. The monoisotopic (exact) mass is 282 g/mol. The van der Waals surface area contributed by atoms with Crippen molar-refractivity contribution in [3.63, 3.8) is 0 Å². The van der Waals surface area contributed by atoms with E-state index in [4.69, 9.17) is 11.6 Å². The molecule has 2 aromatic carbocycles. The lowest BCUT2D eigenvalue weighted by Gasteiger charge is -2.24. The lowest BCUT2D eigenvalue weighted by Crippen LogP contribution is -2.24. The highest BCUT2D eigenvalue weighted by molar-refractivity contribution is 6.30. The molecule has 0 fully saturated rings. The maximum Gasteiger partial charge on any atom is 0.126 e. The molecule has 100 valence electrons. The average molecular weight is 283 g/mol. The molecule has 1 atom stereocenters. The summed E-state index contributed by atoms with van der Waals surface area (Å²) in [6.07, 6.45) is 0.219. The first-order valence-corrected chi connectivity index (χ1v) is 6.18. The Kier molecular flexibility index (Phi) is 3.88. The van der Waals surface area contributed by atoms with E-state index in [-0.39, 0.29) is 12.0 Å². The summed E-state index contributed by atoms with van der Waals surface area (Å²) in [6.45, 7) is 1.52. The van der Waals surface area contributed by atoms with E-state index in [0.29, 0.717) is 5.02 Å². The number of rotatable bonds is 3. The molecule has 0 aromatic heterocycles. The minimum atomic E-state index is -1.37.